The molecule has 0 aromatic heterocycles. The lowest BCUT2D eigenvalue weighted by molar-refractivity contribution is 0.0853. The highest BCUT2D eigenvalue weighted by Gasteiger charge is 2.19. The molecule has 1 heterocycles. The quantitative estimate of drug-likeness (QED) is 0.695. The molecule has 1 aliphatic heterocycles. The summed E-state index contributed by atoms with van der Waals surface area (Å²) in [5, 5.41) is 0. The Morgan fingerprint density at radius 2 is 1.81 bits per heavy atom. The third-order valence-corrected chi connectivity index (χ3v) is 3.45. The molecule has 0 bridgehead atoms. The Balaban J connectivity index is 2.21. The minimum atomic E-state index is 0.251. The number of ether oxygens (including phenoxy) is 1. The molecule has 0 spiro atoms. The summed E-state index contributed by atoms with van der Waals surface area (Å²) in [6.07, 6.45) is 2.35. The first kappa shape index (κ1) is 11.7. The van der Waals surface area contributed by atoms with Crippen LogP contribution in [0.3, 0.4) is 0 Å². The van der Waals surface area contributed by atoms with Crippen LogP contribution in [0.25, 0.3) is 0 Å². The van der Waals surface area contributed by atoms with Crippen LogP contribution in [0.2, 0.25) is 0 Å². The van der Waals surface area contributed by atoms with Crippen molar-refractivity contribution in [3.8, 4) is 0 Å². The van der Waals surface area contributed by atoms with Gasteiger partial charge < -0.3 is 4.74 Å². The van der Waals surface area contributed by atoms with E-state index in [-0.39, 0.29) is 5.41 Å². The van der Waals surface area contributed by atoms with Gasteiger partial charge in [0.15, 0.2) is 0 Å². The van der Waals surface area contributed by atoms with Crippen LogP contribution in [0.1, 0.15) is 50.7 Å². The predicted molar refractivity (Wildman–Crippen MR) is 67.9 cm³/mol. The molecule has 1 saturated heterocycles. The molecule has 1 nitrogen and oxygen atoms in total. The van der Waals surface area contributed by atoms with E-state index in [1.807, 2.05) is 0 Å². The van der Waals surface area contributed by atoms with E-state index in [2.05, 4.69) is 45.0 Å². The summed E-state index contributed by atoms with van der Waals surface area (Å²) in [5.41, 5.74) is 3.19. The average molecular weight is 218 g/mol. The van der Waals surface area contributed by atoms with Crippen LogP contribution < -0.4 is 0 Å². The highest BCUT2D eigenvalue weighted by Crippen LogP contribution is 2.30. The monoisotopic (exact) mass is 218 g/mol. The van der Waals surface area contributed by atoms with Gasteiger partial charge >= 0.3 is 0 Å². The number of hydrogen-bond donors (Lipinski definition) is 0. The maximum Gasteiger partial charge on any atom is 0.0471 e. The maximum absolute atomic E-state index is 5.42. The largest absolute Gasteiger partial charge is 0.381 e. The van der Waals surface area contributed by atoms with Crippen molar-refractivity contribution < 1.29 is 4.74 Å². The molecule has 88 valence electrons. The van der Waals surface area contributed by atoms with Crippen molar-refractivity contribution in [3.05, 3.63) is 35.4 Å². The van der Waals surface area contributed by atoms with Crippen molar-refractivity contribution >= 4 is 0 Å². The standard InChI is InChI=1S/C15H22O/c1-15(2,3)14-6-4-5-13(11-14)12-7-9-16-10-8-12/h4-6,11-12H,7-10H2,1-3H3. The molecule has 0 amide bonds. The molecule has 1 heteroatoms. The maximum atomic E-state index is 5.42. The molecule has 0 saturated carbocycles. The topological polar surface area (TPSA) is 9.23 Å². The van der Waals surface area contributed by atoms with Crippen LogP contribution in [0, 0.1) is 0 Å². The second kappa shape index (κ2) is 4.58. The SMILES string of the molecule is CC(C)(C)c1cccc(C2CCOCC2)c1. The van der Waals surface area contributed by atoms with Gasteiger partial charge in [-0.15, -0.1) is 0 Å². The lowest BCUT2D eigenvalue weighted by atomic mass is 9.83. The number of benzene rings is 1. The highest BCUT2D eigenvalue weighted by molar-refractivity contribution is 5.30. The van der Waals surface area contributed by atoms with Crippen molar-refractivity contribution in [2.24, 2.45) is 0 Å². The van der Waals surface area contributed by atoms with Crippen molar-refractivity contribution in [2.75, 3.05) is 13.2 Å². The molecule has 0 N–H and O–H groups in total. The minimum absolute atomic E-state index is 0.251. The van der Waals surface area contributed by atoms with Gasteiger partial charge in [0.05, 0.1) is 0 Å². The fraction of sp³-hybridized carbons (Fsp3) is 0.600. The number of rotatable bonds is 1. The van der Waals surface area contributed by atoms with E-state index in [9.17, 15) is 0 Å². The van der Waals surface area contributed by atoms with Crippen LogP contribution in [0.4, 0.5) is 0 Å². The Morgan fingerprint density at radius 3 is 2.44 bits per heavy atom. The van der Waals surface area contributed by atoms with Crippen molar-refractivity contribution in [3.63, 3.8) is 0 Å². The molecule has 1 aromatic carbocycles. The van der Waals surface area contributed by atoms with E-state index >= 15 is 0 Å². The van der Waals surface area contributed by atoms with Gasteiger partial charge in [0.1, 0.15) is 0 Å². The van der Waals surface area contributed by atoms with Gasteiger partial charge in [-0.25, -0.2) is 0 Å². The Hall–Kier alpha value is -0.820. The van der Waals surface area contributed by atoms with Gasteiger partial charge in [0, 0.05) is 13.2 Å². The Bertz CT molecular complexity index is 343. The molecule has 1 aromatic rings. The molecule has 1 fully saturated rings. The molecule has 0 unspecified atom stereocenters. The molecule has 1 aliphatic rings. The lowest BCUT2D eigenvalue weighted by Gasteiger charge is -2.25. The van der Waals surface area contributed by atoms with E-state index < -0.39 is 0 Å². The van der Waals surface area contributed by atoms with Crippen LogP contribution in [-0.4, -0.2) is 13.2 Å². The van der Waals surface area contributed by atoms with Gasteiger partial charge in [0.25, 0.3) is 0 Å². The summed E-state index contributed by atoms with van der Waals surface area (Å²) in [4.78, 5) is 0. The first-order chi connectivity index (χ1) is 7.57. The van der Waals surface area contributed by atoms with Gasteiger partial charge in [0.2, 0.25) is 0 Å². The highest BCUT2D eigenvalue weighted by atomic mass is 16.5. The van der Waals surface area contributed by atoms with Crippen LogP contribution >= 0.6 is 0 Å². The Kier molecular flexibility index (Phi) is 3.34. The fourth-order valence-corrected chi connectivity index (χ4v) is 2.29. The third-order valence-electron chi connectivity index (χ3n) is 3.45. The Morgan fingerprint density at radius 1 is 1.12 bits per heavy atom. The van der Waals surface area contributed by atoms with E-state index in [1.54, 1.807) is 0 Å². The summed E-state index contributed by atoms with van der Waals surface area (Å²) in [6, 6.07) is 9.09. The molecular formula is C15H22O. The van der Waals surface area contributed by atoms with Crippen molar-refractivity contribution in [2.45, 2.75) is 44.9 Å². The first-order valence-corrected chi connectivity index (χ1v) is 6.25. The zero-order chi connectivity index (χ0) is 11.6. The van der Waals surface area contributed by atoms with E-state index in [1.165, 1.54) is 24.0 Å². The third kappa shape index (κ3) is 2.65. The minimum Gasteiger partial charge on any atom is -0.381 e. The van der Waals surface area contributed by atoms with E-state index in [0.717, 1.165) is 13.2 Å². The molecule has 2 rings (SSSR count). The van der Waals surface area contributed by atoms with Crippen LogP contribution in [0.5, 0.6) is 0 Å². The Labute approximate surface area is 98.8 Å². The van der Waals surface area contributed by atoms with Gasteiger partial charge in [-0.1, -0.05) is 45.0 Å². The molecule has 0 atom stereocenters. The first-order valence-electron chi connectivity index (χ1n) is 6.25. The average Bonchev–Trinajstić information content (AvgIpc) is 2.29. The van der Waals surface area contributed by atoms with Crippen LogP contribution in [0.15, 0.2) is 24.3 Å². The molecule has 0 radical (unpaired) electrons. The molecule has 16 heavy (non-hydrogen) atoms. The van der Waals surface area contributed by atoms with Crippen molar-refractivity contribution in [1.29, 1.82) is 0 Å². The summed E-state index contributed by atoms with van der Waals surface area (Å²) >= 11 is 0. The summed E-state index contributed by atoms with van der Waals surface area (Å²) in [6.45, 7) is 8.66. The molecular weight excluding hydrogens is 196 g/mol. The van der Waals surface area contributed by atoms with Gasteiger partial charge in [-0.2, -0.15) is 0 Å². The molecule has 0 aliphatic carbocycles. The normalized spacial score (nSPS) is 18.7. The second-order valence-electron chi connectivity index (χ2n) is 5.76. The van der Waals surface area contributed by atoms with Gasteiger partial charge in [-0.05, 0) is 35.3 Å². The predicted octanol–water partition coefficient (Wildman–Crippen LogP) is 3.88. The summed E-state index contributed by atoms with van der Waals surface area (Å²) in [7, 11) is 0. The number of hydrogen-bond acceptors (Lipinski definition) is 1. The van der Waals surface area contributed by atoms with Crippen LogP contribution in [-0.2, 0) is 10.2 Å². The smallest absolute Gasteiger partial charge is 0.0471 e. The zero-order valence-corrected chi connectivity index (χ0v) is 10.6. The zero-order valence-electron chi connectivity index (χ0n) is 10.6. The lowest BCUT2D eigenvalue weighted by Crippen LogP contribution is -2.16. The summed E-state index contributed by atoms with van der Waals surface area (Å²) < 4.78 is 5.42. The summed E-state index contributed by atoms with van der Waals surface area (Å²) in [5.74, 6) is 0.705. The van der Waals surface area contributed by atoms with E-state index in [0.29, 0.717) is 5.92 Å². The fourth-order valence-electron chi connectivity index (χ4n) is 2.29. The second-order valence-corrected chi connectivity index (χ2v) is 5.76. The van der Waals surface area contributed by atoms with E-state index in [4.69, 9.17) is 4.74 Å². The van der Waals surface area contributed by atoms with Gasteiger partial charge in [-0.3, -0.25) is 0 Å². The van der Waals surface area contributed by atoms with Crippen molar-refractivity contribution in [1.82, 2.24) is 0 Å².